The maximum Gasteiger partial charge on any atom is 0.103 e. The second kappa shape index (κ2) is 2.86. The van der Waals surface area contributed by atoms with Crippen LogP contribution in [0.2, 0.25) is 0 Å². The molecule has 62 valence electrons. The molecule has 0 amide bonds. The van der Waals surface area contributed by atoms with Gasteiger partial charge in [0.2, 0.25) is 0 Å². The van der Waals surface area contributed by atoms with Crippen LogP contribution in [0.3, 0.4) is 0 Å². The average Bonchev–Trinajstić information content (AvgIpc) is 2.06. The van der Waals surface area contributed by atoms with Gasteiger partial charge in [0.15, 0.2) is 0 Å². The van der Waals surface area contributed by atoms with Crippen LogP contribution < -0.4 is 0 Å². The second-order valence-electron chi connectivity index (χ2n) is 3.44. The predicted molar refractivity (Wildman–Crippen MR) is 42.0 cm³/mol. The van der Waals surface area contributed by atoms with Crippen molar-refractivity contribution < 1.29 is 9.84 Å². The predicted octanol–water partition coefficient (Wildman–Crippen LogP) is 1.45. The molecule has 0 spiro atoms. The summed E-state index contributed by atoms with van der Waals surface area (Å²) in [5, 5.41) is 9.54. The Morgan fingerprint density at radius 2 is 2.09 bits per heavy atom. The molecule has 1 fully saturated rings. The first-order valence-electron chi connectivity index (χ1n) is 4.38. The van der Waals surface area contributed by atoms with Gasteiger partial charge >= 0.3 is 0 Å². The minimum Gasteiger partial charge on any atom is -0.498 e. The fourth-order valence-corrected chi connectivity index (χ4v) is 2.05. The maximum absolute atomic E-state index is 9.54. The van der Waals surface area contributed by atoms with E-state index in [1.54, 1.807) is 12.3 Å². The van der Waals surface area contributed by atoms with Crippen LogP contribution in [0.4, 0.5) is 0 Å². The molecule has 1 heterocycles. The molecule has 0 bridgehead atoms. The van der Waals surface area contributed by atoms with Crippen molar-refractivity contribution in [2.75, 3.05) is 0 Å². The van der Waals surface area contributed by atoms with Crippen molar-refractivity contribution in [2.45, 2.75) is 37.9 Å². The number of hydrogen-bond acceptors (Lipinski definition) is 2. The minimum atomic E-state index is -0.256. The average molecular weight is 154 g/mol. The molecular formula is C9H14O2. The van der Waals surface area contributed by atoms with Gasteiger partial charge in [-0.15, -0.1) is 0 Å². The highest BCUT2D eigenvalue weighted by Gasteiger charge is 2.32. The third-order valence-electron chi connectivity index (χ3n) is 2.72. The van der Waals surface area contributed by atoms with Gasteiger partial charge in [-0.25, -0.2) is 0 Å². The van der Waals surface area contributed by atoms with Gasteiger partial charge in [-0.1, -0.05) is 6.42 Å². The maximum atomic E-state index is 9.54. The van der Waals surface area contributed by atoms with E-state index in [0.717, 1.165) is 12.8 Å². The number of aliphatic hydroxyl groups excluding tert-OH is 1. The Morgan fingerprint density at radius 1 is 1.27 bits per heavy atom. The SMILES string of the molecule is O[C@H]1C=CO[C@H]2CCCC[C@H]21. The van der Waals surface area contributed by atoms with Gasteiger partial charge in [-0.2, -0.15) is 0 Å². The number of fused-ring (bicyclic) bond motifs is 1. The van der Waals surface area contributed by atoms with Crippen LogP contribution in [0.15, 0.2) is 12.3 Å². The largest absolute Gasteiger partial charge is 0.498 e. The summed E-state index contributed by atoms with van der Waals surface area (Å²) in [7, 11) is 0. The van der Waals surface area contributed by atoms with Crippen LogP contribution in [0.5, 0.6) is 0 Å². The second-order valence-corrected chi connectivity index (χ2v) is 3.44. The van der Waals surface area contributed by atoms with E-state index in [4.69, 9.17) is 4.74 Å². The van der Waals surface area contributed by atoms with Crippen molar-refractivity contribution in [3.63, 3.8) is 0 Å². The van der Waals surface area contributed by atoms with Gasteiger partial charge in [-0.05, 0) is 25.3 Å². The fraction of sp³-hybridized carbons (Fsp3) is 0.778. The fourth-order valence-electron chi connectivity index (χ4n) is 2.05. The number of rotatable bonds is 0. The third-order valence-corrected chi connectivity index (χ3v) is 2.72. The lowest BCUT2D eigenvalue weighted by molar-refractivity contribution is -0.0211. The molecule has 1 aliphatic carbocycles. The molecule has 0 aromatic rings. The number of ether oxygens (including phenoxy) is 1. The van der Waals surface area contributed by atoms with Crippen molar-refractivity contribution in [2.24, 2.45) is 5.92 Å². The van der Waals surface area contributed by atoms with E-state index in [0.29, 0.717) is 12.0 Å². The number of hydrogen-bond donors (Lipinski definition) is 1. The summed E-state index contributed by atoms with van der Waals surface area (Å²) in [6.45, 7) is 0. The van der Waals surface area contributed by atoms with E-state index in [9.17, 15) is 5.11 Å². The summed E-state index contributed by atoms with van der Waals surface area (Å²) in [4.78, 5) is 0. The Bertz CT molecular complexity index is 165. The zero-order valence-corrected chi connectivity index (χ0v) is 6.57. The van der Waals surface area contributed by atoms with E-state index in [1.807, 2.05) is 0 Å². The molecule has 2 rings (SSSR count). The lowest BCUT2D eigenvalue weighted by Crippen LogP contribution is -2.37. The molecule has 11 heavy (non-hydrogen) atoms. The molecule has 2 aliphatic rings. The van der Waals surface area contributed by atoms with Gasteiger partial charge in [0.25, 0.3) is 0 Å². The molecule has 2 nitrogen and oxygen atoms in total. The van der Waals surface area contributed by atoms with Crippen LogP contribution in [0.25, 0.3) is 0 Å². The minimum absolute atomic E-state index is 0.256. The Morgan fingerprint density at radius 3 is 2.91 bits per heavy atom. The summed E-state index contributed by atoms with van der Waals surface area (Å²) in [6.07, 6.45) is 8.18. The molecule has 2 heteroatoms. The highest BCUT2D eigenvalue weighted by molar-refractivity contribution is 4.97. The molecule has 0 saturated heterocycles. The normalized spacial score (nSPS) is 42.8. The smallest absolute Gasteiger partial charge is 0.103 e. The molecular weight excluding hydrogens is 140 g/mol. The first-order valence-corrected chi connectivity index (χ1v) is 4.38. The summed E-state index contributed by atoms with van der Waals surface area (Å²) >= 11 is 0. The molecule has 1 aliphatic heterocycles. The standard InChI is InChI=1S/C9H14O2/c10-8-5-6-11-9-4-2-1-3-7(8)9/h5-10H,1-4H2/t7-,8-,9-/m0/s1. The van der Waals surface area contributed by atoms with Crippen LogP contribution in [-0.4, -0.2) is 17.3 Å². The molecule has 3 atom stereocenters. The topological polar surface area (TPSA) is 29.5 Å². The monoisotopic (exact) mass is 154 g/mol. The Hall–Kier alpha value is -0.500. The highest BCUT2D eigenvalue weighted by atomic mass is 16.5. The van der Waals surface area contributed by atoms with E-state index in [-0.39, 0.29) is 6.10 Å². The molecule has 0 aromatic carbocycles. The lowest BCUT2D eigenvalue weighted by atomic mass is 9.82. The summed E-state index contributed by atoms with van der Waals surface area (Å²) < 4.78 is 5.41. The number of aliphatic hydroxyl groups is 1. The lowest BCUT2D eigenvalue weighted by Gasteiger charge is -2.35. The van der Waals surface area contributed by atoms with Crippen LogP contribution in [0.1, 0.15) is 25.7 Å². The van der Waals surface area contributed by atoms with Crippen LogP contribution >= 0.6 is 0 Å². The molecule has 0 radical (unpaired) electrons. The van der Waals surface area contributed by atoms with Crippen molar-refractivity contribution in [3.8, 4) is 0 Å². The van der Waals surface area contributed by atoms with Gasteiger partial charge < -0.3 is 9.84 Å². The zero-order valence-electron chi connectivity index (χ0n) is 6.57. The first kappa shape index (κ1) is 7.17. The van der Waals surface area contributed by atoms with Crippen molar-refractivity contribution in [1.82, 2.24) is 0 Å². The summed E-state index contributed by atoms with van der Waals surface area (Å²) in [5.74, 6) is 0.369. The van der Waals surface area contributed by atoms with Crippen molar-refractivity contribution >= 4 is 0 Å². The summed E-state index contributed by atoms with van der Waals surface area (Å²) in [6, 6.07) is 0. The molecule has 1 N–H and O–H groups in total. The zero-order chi connectivity index (χ0) is 7.68. The summed E-state index contributed by atoms with van der Waals surface area (Å²) in [5.41, 5.74) is 0. The van der Waals surface area contributed by atoms with Crippen molar-refractivity contribution in [3.05, 3.63) is 12.3 Å². The van der Waals surface area contributed by atoms with Gasteiger partial charge in [-0.3, -0.25) is 0 Å². The molecule has 0 aromatic heterocycles. The van der Waals surface area contributed by atoms with Gasteiger partial charge in [0.1, 0.15) is 6.10 Å². The van der Waals surface area contributed by atoms with E-state index in [1.165, 1.54) is 12.8 Å². The van der Waals surface area contributed by atoms with Crippen LogP contribution in [0, 0.1) is 5.92 Å². The van der Waals surface area contributed by atoms with Crippen LogP contribution in [-0.2, 0) is 4.74 Å². The van der Waals surface area contributed by atoms with E-state index < -0.39 is 0 Å². The molecule has 0 unspecified atom stereocenters. The molecule has 1 saturated carbocycles. The first-order chi connectivity index (χ1) is 5.38. The Kier molecular flexibility index (Phi) is 1.86. The van der Waals surface area contributed by atoms with E-state index >= 15 is 0 Å². The van der Waals surface area contributed by atoms with Crippen molar-refractivity contribution in [1.29, 1.82) is 0 Å². The van der Waals surface area contributed by atoms with E-state index in [2.05, 4.69) is 0 Å². The highest BCUT2D eigenvalue weighted by Crippen LogP contribution is 2.32. The third kappa shape index (κ3) is 1.27. The Balaban J connectivity index is 2.08. The quantitative estimate of drug-likeness (QED) is 0.572. The Labute approximate surface area is 66.9 Å². The van der Waals surface area contributed by atoms with Gasteiger partial charge in [0.05, 0.1) is 12.4 Å². The van der Waals surface area contributed by atoms with Gasteiger partial charge in [0, 0.05) is 5.92 Å².